The van der Waals surface area contributed by atoms with Gasteiger partial charge in [-0.25, -0.2) is 0 Å². The van der Waals surface area contributed by atoms with Gasteiger partial charge in [0.05, 0.1) is 6.04 Å². The molecule has 1 aliphatic heterocycles. The van der Waals surface area contributed by atoms with Crippen LogP contribution in [0.2, 0.25) is 0 Å². The maximum Gasteiger partial charge on any atom is 0.237 e. The lowest BCUT2D eigenvalue weighted by atomic mass is 9.48. The topological polar surface area (TPSA) is 41.1 Å². The maximum atomic E-state index is 12.2. The summed E-state index contributed by atoms with van der Waals surface area (Å²) < 4.78 is 0. The van der Waals surface area contributed by atoms with Gasteiger partial charge in [-0.3, -0.25) is 4.79 Å². The molecular formula is C18H30N2O. The van der Waals surface area contributed by atoms with E-state index in [9.17, 15) is 4.79 Å². The Morgan fingerprint density at radius 1 is 1.10 bits per heavy atom. The summed E-state index contributed by atoms with van der Waals surface area (Å²) in [6.07, 6.45) is 12.1. The third-order valence-electron chi connectivity index (χ3n) is 6.99. The molecule has 5 aliphatic rings. The van der Waals surface area contributed by atoms with Gasteiger partial charge in [-0.15, -0.1) is 0 Å². The lowest BCUT2D eigenvalue weighted by Gasteiger charge is -2.59. The molecular weight excluding hydrogens is 260 g/mol. The molecule has 0 aromatic rings. The van der Waals surface area contributed by atoms with Crippen molar-refractivity contribution in [2.75, 3.05) is 6.54 Å². The number of hydrogen-bond donors (Lipinski definition) is 2. The Kier molecular flexibility index (Phi) is 3.52. The van der Waals surface area contributed by atoms with Crippen LogP contribution < -0.4 is 10.6 Å². The van der Waals surface area contributed by atoms with Gasteiger partial charge in [0.1, 0.15) is 0 Å². The van der Waals surface area contributed by atoms with Gasteiger partial charge >= 0.3 is 0 Å². The van der Waals surface area contributed by atoms with Crippen LogP contribution in [0.4, 0.5) is 0 Å². The number of nitrogens with one attached hydrogen (secondary N) is 2. The second-order valence-corrected chi connectivity index (χ2v) is 8.51. The summed E-state index contributed by atoms with van der Waals surface area (Å²) in [7, 11) is 0. The Labute approximate surface area is 128 Å². The summed E-state index contributed by atoms with van der Waals surface area (Å²) >= 11 is 0. The Bertz CT molecular complexity index is 384. The SMILES string of the molecule is CC(NC1CCCCNC1=O)C12CC3CC(CC(C3)C1)C2. The van der Waals surface area contributed by atoms with E-state index < -0.39 is 0 Å². The van der Waals surface area contributed by atoms with Crippen molar-refractivity contribution in [2.24, 2.45) is 23.2 Å². The molecule has 2 atom stereocenters. The van der Waals surface area contributed by atoms with E-state index in [0.717, 1.165) is 37.1 Å². The highest BCUT2D eigenvalue weighted by Gasteiger charge is 2.53. The Hall–Kier alpha value is -0.570. The van der Waals surface area contributed by atoms with Crippen LogP contribution in [0.25, 0.3) is 0 Å². The third-order valence-corrected chi connectivity index (χ3v) is 6.99. The van der Waals surface area contributed by atoms with Crippen molar-refractivity contribution in [3.05, 3.63) is 0 Å². The molecule has 0 spiro atoms. The molecule has 5 fully saturated rings. The van der Waals surface area contributed by atoms with Gasteiger partial charge in [0.25, 0.3) is 0 Å². The number of amides is 1. The highest BCUT2D eigenvalue weighted by molar-refractivity contribution is 5.81. The van der Waals surface area contributed by atoms with Crippen LogP contribution in [0, 0.1) is 23.2 Å². The second-order valence-electron chi connectivity index (χ2n) is 8.51. The molecule has 21 heavy (non-hydrogen) atoms. The molecule has 3 heteroatoms. The fraction of sp³-hybridized carbons (Fsp3) is 0.944. The van der Waals surface area contributed by atoms with E-state index in [1.165, 1.54) is 44.9 Å². The summed E-state index contributed by atoms with van der Waals surface area (Å²) in [6.45, 7) is 3.23. The second kappa shape index (κ2) is 5.26. The van der Waals surface area contributed by atoms with Crippen molar-refractivity contribution in [3.63, 3.8) is 0 Å². The minimum Gasteiger partial charge on any atom is -0.355 e. The van der Waals surface area contributed by atoms with Crippen LogP contribution in [0.1, 0.15) is 64.7 Å². The molecule has 5 rings (SSSR count). The van der Waals surface area contributed by atoms with Crippen LogP contribution in [0.15, 0.2) is 0 Å². The van der Waals surface area contributed by atoms with Crippen molar-refractivity contribution < 1.29 is 4.79 Å². The molecule has 1 saturated heterocycles. The van der Waals surface area contributed by atoms with Gasteiger partial charge < -0.3 is 10.6 Å². The molecule has 4 aliphatic carbocycles. The first kappa shape index (κ1) is 14.0. The summed E-state index contributed by atoms with van der Waals surface area (Å²) in [4.78, 5) is 12.2. The molecule has 2 N–H and O–H groups in total. The van der Waals surface area contributed by atoms with Crippen LogP contribution >= 0.6 is 0 Å². The van der Waals surface area contributed by atoms with Crippen molar-refractivity contribution in [1.82, 2.24) is 10.6 Å². The molecule has 4 bridgehead atoms. The predicted molar refractivity (Wildman–Crippen MR) is 83.9 cm³/mol. The fourth-order valence-electron chi connectivity index (χ4n) is 6.28. The fourth-order valence-corrected chi connectivity index (χ4v) is 6.28. The largest absolute Gasteiger partial charge is 0.355 e. The first-order chi connectivity index (χ1) is 10.1. The molecule has 4 saturated carbocycles. The Morgan fingerprint density at radius 3 is 2.33 bits per heavy atom. The lowest BCUT2D eigenvalue weighted by molar-refractivity contribution is -0.124. The first-order valence-corrected chi connectivity index (χ1v) is 9.18. The van der Waals surface area contributed by atoms with Crippen LogP contribution in [0.3, 0.4) is 0 Å². The Morgan fingerprint density at radius 2 is 1.71 bits per heavy atom. The standard InChI is InChI=1S/C18H30N2O/c1-12(20-16-4-2-3-5-19-17(16)21)18-9-13-6-14(10-18)8-15(7-13)11-18/h12-16,20H,2-11H2,1H3,(H,19,21). The number of carbonyl (C=O) groups is 1. The highest BCUT2D eigenvalue weighted by atomic mass is 16.2. The third kappa shape index (κ3) is 2.52. The first-order valence-electron chi connectivity index (χ1n) is 9.18. The van der Waals surface area contributed by atoms with Crippen LogP contribution in [-0.2, 0) is 4.79 Å². The zero-order chi connectivity index (χ0) is 14.4. The van der Waals surface area contributed by atoms with Gasteiger partial charge in [0, 0.05) is 12.6 Å². The number of hydrogen-bond acceptors (Lipinski definition) is 2. The quantitative estimate of drug-likeness (QED) is 0.839. The molecule has 0 radical (unpaired) electrons. The summed E-state index contributed by atoms with van der Waals surface area (Å²) in [5.74, 6) is 3.21. The van der Waals surface area contributed by atoms with E-state index in [4.69, 9.17) is 0 Å². The van der Waals surface area contributed by atoms with Crippen molar-refractivity contribution in [2.45, 2.75) is 76.8 Å². The van der Waals surface area contributed by atoms with Gasteiger partial charge in [0.15, 0.2) is 0 Å². The van der Waals surface area contributed by atoms with Gasteiger partial charge in [-0.1, -0.05) is 0 Å². The zero-order valence-electron chi connectivity index (χ0n) is 13.4. The molecule has 118 valence electrons. The van der Waals surface area contributed by atoms with Crippen LogP contribution in [-0.4, -0.2) is 24.5 Å². The zero-order valence-corrected chi connectivity index (χ0v) is 13.4. The molecule has 2 unspecified atom stereocenters. The van der Waals surface area contributed by atoms with Crippen molar-refractivity contribution >= 4 is 5.91 Å². The molecule has 1 heterocycles. The van der Waals surface area contributed by atoms with Crippen molar-refractivity contribution in [3.8, 4) is 0 Å². The van der Waals surface area contributed by atoms with E-state index in [1.807, 2.05) is 0 Å². The summed E-state index contributed by atoms with van der Waals surface area (Å²) in [5.41, 5.74) is 0.501. The highest BCUT2D eigenvalue weighted by Crippen LogP contribution is 2.61. The minimum absolute atomic E-state index is 0.0514. The smallest absolute Gasteiger partial charge is 0.237 e. The Balaban J connectivity index is 1.47. The normalized spacial score (nSPS) is 47.0. The monoisotopic (exact) mass is 290 g/mol. The van der Waals surface area contributed by atoms with Gasteiger partial charge in [-0.05, 0) is 87.9 Å². The van der Waals surface area contributed by atoms with E-state index in [-0.39, 0.29) is 11.9 Å². The van der Waals surface area contributed by atoms with Crippen LogP contribution in [0.5, 0.6) is 0 Å². The summed E-state index contributed by atoms with van der Waals surface area (Å²) in [5, 5.41) is 6.83. The minimum atomic E-state index is 0.0514. The lowest BCUT2D eigenvalue weighted by Crippen LogP contribution is -2.58. The molecule has 0 aromatic heterocycles. The average Bonchev–Trinajstić information content (AvgIpc) is 2.62. The summed E-state index contributed by atoms with van der Waals surface area (Å²) in [6, 6.07) is 0.551. The average molecular weight is 290 g/mol. The number of carbonyl (C=O) groups excluding carboxylic acids is 1. The van der Waals surface area contributed by atoms with E-state index >= 15 is 0 Å². The molecule has 3 nitrogen and oxygen atoms in total. The van der Waals surface area contributed by atoms with E-state index in [0.29, 0.717) is 11.5 Å². The number of rotatable bonds is 3. The molecule has 1 amide bonds. The van der Waals surface area contributed by atoms with E-state index in [1.54, 1.807) is 0 Å². The predicted octanol–water partition coefficient (Wildman–Crippen LogP) is 2.85. The van der Waals surface area contributed by atoms with Crippen molar-refractivity contribution in [1.29, 1.82) is 0 Å². The molecule has 0 aromatic carbocycles. The van der Waals surface area contributed by atoms with Gasteiger partial charge in [-0.2, -0.15) is 0 Å². The maximum absolute atomic E-state index is 12.2. The van der Waals surface area contributed by atoms with Gasteiger partial charge in [0.2, 0.25) is 5.91 Å². The van der Waals surface area contributed by atoms with E-state index in [2.05, 4.69) is 17.6 Å².